The number of hydrogen-bond acceptors (Lipinski definition) is 4. The number of nitrogens with one attached hydrogen (secondary N) is 1. The normalized spacial score (nSPS) is 16.6. The molecule has 0 aromatic heterocycles. The van der Waals surface area contributed by atoms with Gasteiger partial charge in [-0.15, -0.1) is 0 Å². The van der Waals surface area contributed by atoms with Crippen molar-refractivity contribution in [3.05, 3.63) is 33.8 Å². The fourth-order valence-electron chi connectivity index (χ4n) is 2.71. The van der Waals surface area contributed by atoms with Crippen molar-refractivity contribution in [3.63, 3.8) is 0 Å². The number of thioether (sulfide) groups is 1. The van der Waals surface area contributed by atoms with Crippen LogP contribution in [0.15, 0.2) is 18.2 Å². The number of amides is 2. The van der Waals surface area contributed by atoms with Crippen LogP contribution in [0.4, 0.5) is 0 Å². The van der Waals surface area contributed by atoms with Gasteiger partial charge in [-0.2, -0.15) is 11.8 Å². The Morgan fingerprint density at radius 2 is 2.04 bits per heavy atom. The van der Waals surface area contributed by atoms with Crippen molar-refractivity contribution >= 4 is 46.8 Å². The van der Waals surface area contributed by atoms with E-state index in [-0.39, 0.29) is 17.0 Å². The minimum absolute atomic E-state index is 0.112. The molecule has 1 aromatic rings. The van der Waals surface area contributed by atoms with E-state index in [2.05, 4.69) is 5.32 Å². The average Bonchev–Trinajstić information content (AvgIpc) is 2.58. The first kappa shape index (κ1) is 20.4. The maximum atomic E-state index is 12.8. The molecule has 1 heterocycles. The largest absolute Gasteiger partial charge is 0.393 e. The maximum Gasteiger partial charge on any atom is 0.253 e. The molecule has 8 heteroatoms. The highest BCUT2D eigenvalue weighted by Crippen LogP contribution is 2.21. The van der Waals surface area contributed by atoms with Crippen molar-refractivity contribution in [2.45, 2.75) is 31.4 Å². The van der Waals surface area contributed by atoms with Crippen molar-refractivity contribution in [2.24, 2.45) is 0 Å². The Morgan fingerprint density at radius 1 is 1.36 bits per heavy atom. The second-order valence-electron chi connectivity index (χ2n) is 5.99. The fourth-order valence-corrected chi connectivity index (χ4v) is 3.68. The number of rotatable bonds is 6. The molecule has 138 valence electrons. The maximum absolute atomic E-state index is 12.8. The van der Waals surface area contributed by atoms with E-state index in [1.54, 1.807) is 28.8 Å². The van der Waals surface area contributed by atoms with Gasteiger partial charge in [0.2, 0.25) is 5.91 Å². The van der Waals surface area contributed by atoms with E-state index < -0.39 is 11.9 Å². The molecule has 1 unspecified atom stereocenters. The highest BCUT2D eigenvalue weighted by atomic mass is 35.5. The number of nitrogens with zero attached hydrogens (tertiary/aromatic N) is 1. The Hall–Kier alpha value is -0.950. The van der Waals surface area contributed by atoms with E-state index in [4.69, 9.17) is 23.2 Å². The predicted octanol–water partition coefficient (Wildman–Crippen LogP) is 2.83. The SMILES string of the molecule is CSCCC(NC(=O)c1ccc(Cl)cc1Cl)C(=O)N1CCC(O)CC1. The summed E-state index contributed by atoms with van der Waals surface area (Å²) in [5, 5.41) is 13.1. The lowest BCUT2D eigenvalue weighted by atomic mass is 10.1. The Balaban J connectivity index is 2.08. The van der Waals surface area contributed by atoms with Gasteiger partial charge in [0.05, 0.1) is 16.7 Å². The summed E-state index contributed by atoms with van der Waals surface area (Å²) in [5.74, 6) is 0.249. The molecule has 1 fully saturated rings. The topological polar surface area (TPSA) is 69.6 Å². The summed E-state index contributed by atoms with van der Waals surface area (Å²) < 4.78 is 0. The second-order valence-corrected chi connectivity index (χ2v) is 7.82. The Morgan fingerprint density at radius 3 is 2.64 bits per heavy atom. The van der Waals surface area contributed by atoms with Gasteiger partial charge < -0.3 is 15.3 Å². The lowest BCUT2D eigenvalue weighted by Gasteiger charge is -2.32. The molecule has 0 spiro atoms. The first-order chi connectivity index (χ1) is 11.9. The van der Waals surface area contributed by atoms with Crippen LogP contribution in [0.2, 0.25) is 10.0 Å². The molecular formula is C17H22Cl2N2O3S. The van der Waals surface area contributed by atoms with Gasteiger partial charge in [0.15, 0.2) is 0 Å². The zero-order chi connectivity index (χ0) is 18.4. The summed E-state index contributed by atoms with van der Waals surface area (Å²) in [5.41, 5.74) is 0.294. The number of benzene rings is 1. The van der Waals surface area contributed by atoms with Crippen LogP contribution in [-0.2, 0) is 4.79 Å². The summed E-state index contributed by atoms with van der Waals surface area (Å²) in [6.07, 6.45) is 3.28. The zero-order valence-electron chi connectivity index (χ0n) is 14.0. The quantitative estimate of drug-likeness (QED) is 0.764. The van der Waals surface area contributed by atoms with Crippen molar-refractivity contribution in [1.29, 1.82) is 0 Å². The Kier molecular flexibility index (Phi) is 7.87. The molecule has 1 aliphatic rings. The van der Waals surface area contributed by atoms with Gasteiger partial charge in [0.25, 0.3) is 5.91 Å². The molecule has 0 radical (unpaired) electrons. The zero-order valence-corrected chi connectivity index (χ0v) is 16.3. The minimum atomic E-state index is -0.609. The van der Waals surface area contributed by atoms with E-state index in [0.29, 0.717) is 42.9 Å². The van der Waals surface area contributed by atoms with Crippen LogP contribution in [0, 0.1) is 0 Å². The van der Waals surface area contributed by atoms with Gasteiger partial charge in [0, 0.05) is 18.1 Å². The Bertz CT molecular complexity index is 622. The van der Waals surface area contributed by atoms with Gasteiger partial charge in [-0.25, -0.2) is 0 Å². The van der Waals surface area contributed by atoms with Crippen LogP contribution in [-0.4, -0.2) is 59.1 Å². The summed E-state index contributed by atoms with van der Waals surface area (Å²) in [6, 6.07) is 4.03. The number of aliphatic hydroxyl groups excluding tert-OH is 1. The average molecular weight is 405 g/mol. The lowest BCUT2D eigenvalue weighted by molar-refractivity contribution is -0.135. The second kappa shape index (κ2) is 9.67. The van der Waals surface area contributed by atoms with Crippen LogP contribution >= 0.6 is 35.0 Å². The van der Waals surface area contributed by atoms with Crippen LogP contribution in [0.3, 0.4) is 0 Å². The molecule has 0 aliphatic carbocycles. The highest BCUT2D eigenvalue weighted by Gasteiger charge is 2.29. The smallest absolute Gasteiger partial charge is 0.253 e. The molecule has 25 heavy (non-hydrogen) atoms. The molecule has 2 rings (SSSR count). The molecule has 1 aliphatic heterocycles. The number of halogens is 2. The van der Waals surface area contributed by atoms with Gasteiger partial charge in [-0.1, -0.05) is 23.2 Å². The molecular weight excluding hydrogens is 383 g/mol. The highest BCUT2D eigenvalue weighted by molar-refractivity contribution is 7.98. The standard InChI is InChI=1S/C17H22Cl2N2O3S/c1-25-9-6-15(17(24)21-7-4-12(22)5-8-21)20-16(23)13-3-2-11(18)10-14(13)19/h2-3,10,12,15,22H,4-9H2,1H3,(H,20,23). The van der Waals surface area contributed by atoms with E-state index in [1.165, 1.54) is 6.07 Å². The third-order valence-corrected chi connectivity index (χ3v) is 5.36. The number of hydrogen-bond donors (Lipinski definition) is 2. The molecule has 0 saturated carbocycles. The molecule has 1 aromatic carbocycles. The molecule has 1 atom stereocenters. The fraction of sp³-hybridized carbons (Fsp3) is 0.529. The summed E-state index contributed by atoms with van der Waals surface area (Å²) in [7, 11) is 0. The van der Waals surface area contributed by atoms with Crippen molar-refractivity contribution in [3.8, 4) is 0 Å². The summed E-state index contributed by atoms with van der Waals surface area (Å²) in [6.45, 7) is 1.01. The van der Waals surface area contributed by atoms with Crippen LogP contribution in [0.5, 0.6) is 0 Å². The van der Waals surface area contributed by atoms with Crippen LogP contribution in [0.25, 0.3) is 0 Å². The van der Waals surface area contributed by atoms with E-state index in [0.717, 1.165) is 5.75 Å². The summed E-state index contributed by atoms with van der Waals surface area (Å²) >= 11 is 13.6. The monoisotopic (exact) mass is 404 g/mol. The van der Waals surface area contributed by atoms with Gasteiger partial charge in [-0.05, 0) is 49.5 Å². The molecule has 1 saturated heterocycles. The lowest BCUT2D eigenvalue weighted by Crippen LogP contribution is -2.51. The first-order valence-electron chi connectivity index (χ1n) is 8.14. The van der Waals surface area contributed by atoms with E-state index >= 15 is 0 Å². The number of piperidine rings is 1. The van der Waals surface area contributed by atoms with E-state index in [9.17, 15) is 14.7 Å². The number of carbonyl (C=O) groups is 2. The molecule has 5 nitrogen and oxygen atoms in total. The van der Waals surface area contributed by atoms with E-state index in [1.807, 2.05) is 6.26 Å². The van der Waals surface area contributed by atoms with Crippen molar-refractivity contribution < 1.29 is 14.7 Å². The van der Waals surface area contributed by atoms with Crippen LogP contribution in [0.1, 0.15) is 29.6 Å². The van der Waals surface area contributed by atoms with Crippen molar-refractivity contribution in [2.75, 3.05) is 25.1 Å². The van der Waals surface area contributed by atoms with Crippen LogP contribution < -0.4 is 5.32 Å². The molecule has 2 amide bonds. The van der Waals surface area contributed by atoms with Gasteiger partial charge in [-0.3, -0.25) is 9.59 Å². The predicted molar refractivity (Wildman–Crippen MR) is 103 cm³/mol. The minimum Gasteiger partial charge on any atom is -0.393 e. The van der Waals surface area contributed by atoms with Gasteiger partial charge >= 0.3 is 0 Å². The van der Waals surface area contributed by atoms with Gasteiger partial charge in [0.1, 0.15) is 6.04 Å². The number of aliphatic hydroxyl groups is 1. The molecule has 2 N–H and O–H groups in total. The third-order valence-electron chi connectivity index (χ3n) is 4.17. The number of carbonyl (C=O) groups excluding carboxylic acids is 2. The third kappa shape index (κ3) is 5.78. The van der Waals surface area contributed by atoms with Crippen molar-refractivity contribution in [1.82, 2.24) is 10.2 Å². The first-order valence-corrected chi connectivity index (χ1v) is 10.3. The Labute approximate surface area is 162 Å². The summed E-state index contributed by atoms with van der Waals surface area (Å²) in [4.78, 5) is 27.0. The molecule has 0 bridgehead atoms. The number of likely N-dealkylation sites (tertiary alicyclic amines) is 1.